The fraction of sp³-hybridized carbons (Fsp3) is 0.0741. The van der Waals surface area contributed by atoms with Crippen molar-refractivity contribution in [2.75, 3.05) is 23.0 Å². The van der Waals surface area contributed by atoms with Gasteiger partial charge in [-0.25, -0.2) is 17.0 Å². The predicted molar refractivity (Wildman–Crippen MR) is 193 cm³/mol. The fourth-order valence-corrected chi connectivity index (χ4v) is 8.23. The fourth-order valence-electron chi connectivity index (χ4n) is 4.74. The number of nitrogens with zero attached hydrogens (tertiary/aromatic N) is 5. The number of rotatable bonds is 14. The number of anilines is 4. The molecule has 5 aromatic rings. The maximum Gasteiger partial charge on any atom is 0.397 e. The van der Waals surface area contributed by atoms with Gasteiger partial charge in [0.05, 0.1) is 27.8 Å². The molecule has 0 saturated heterocycles. The van der Waals surface area contributed by atoms with Crippen LogP contribution in [0.1, 0.15) is 0 Å². The lowest BCUT2D eigenvalue weighted by Crippen LogP contribution is -2.15. The average Bonchev–Trinajstić information content (AvgIpc) is 3.05. The number of azo groups is 1. The summed E-state index contributed by atoms with van der Waals surface area (Å²) in [6.07, 6.45) is 0. The molecule has 30 heteroatoms. The highest BCUT2D eigenvalue weighted by atomic mass is 35.5. The maximum atomic E-state index is 14.0. The topological polar surface area (TPSA) is 369 Å². The van der Waals surface area contributed by atoms with Gasteiger partial charge in [0.1, 0.15) is 27.0 Å². The standard InChI is InChI=1S/C27H21ClFN7O16S5/c28-25-32-26(30-15-2-1-3-16(11-15)53(38,39)7-6-52-57(49,50)51)34-27(33-25)31-19-12-17(54(40,41)42)8-13-9-21(56(46,47)48)23(24(37)22(13)19)36-35-18-10-14(29)4-5-20(18)55(43,44)45/h1-5,8-12,37H,6-7H2,(H,40,41,42)(H,43,44,45)(H,46,47,48)(H,49,50,51)(H2,30,31,32,33,34). The molecular formula is C27H21ClFN7O16S5. The lowest BCUT2D eigenvalue weighted by molar-refractivity contribution is 0.284. The van der Waals surface area contributed by atoms with Crippen molar-refractivity contribution < 1.29 is 74.0 Å². The Balaban J connectivity index is 1.62. The Bertz CT molecular complexity index is 3070. The molecule has 0 amide bonds. The molecule has 0 spiro atoms. The third-order valence-corrected chi connectivity index (χ3v) is 12.0. The first kappa shape index (κ1) is 43.1. The zero-order chi connectivity index (χ0) is 42.3. The predicted octanol–water partition coefficient (Wildman–Crippen LogP) is 3.76. The molecular weight excluding hydrogens is 893 g/mol. The van der Waals surface area contributed by atoms with Crippen molar-refractivity contribution in [2.45, 2.75) is 19.6 Å². The third-order valence-electron chi connectivity index (χ3n) is 7.04. The Morgan fingerprint density at radius 1 is 0.719 bits per heavy atom. The van der Waals surface area contributed by atoms with E-state index in [9.17, 15) is 65.2 Å². The Labute approximate surface area is 325 Å². The molecule has 57 heavy (non-hydrogen) atoms. The second-order valence-corrected chi connectivity index (χ2v) is 18.7. The minimum absolute atomic E-state index is 0.000321. The molecule has 0 aliphatic rings. The van der Waals surface area contributed by atoms with E-state index >= 15 is 0 Å². The van der Waals surface area contributed by atoms with Crippen molar-refractivity contribution in [3.8, 4) is 5.75 Å². The summed E-state index contributed by atoms with van der Waals surface area (Å²) in [6, 6.07) is 8.45. The molecule has 1 aromatic heterocycles. The number of aromatic hydroxyl groups is 1. The lowest BCUT2D eigenvalue weighted by atomic mass is 10.1. The molecule has 7 N–H and O–H groups in total. The lowest BCUT2D eigenvalue weighted by Gasteiger charge is -2.15. The number of benzene rings is 4. The Morgan fingerprint density at radius 3 is 1.98 bits per heavy atom. The van der Waals surface area contributed by atoms with E-state index in [1.807, 2.05) is 0 Å². The smallest absolute Gasteiger partial charge is 0.397 e. The molecule has 0 aliphatic carbocycles. The number of sulfone groups is 1. The van der Waals surface area contributed by atoms with Crippen LogP contribution in [-0.2, 0) is 54.8 Å². The van der Waals surface area contributed by atoms with Crippen LogP contribution in [0.5, 0.6) is 5.75 Å². The zero-order valence-electron chi connectivity index (χ0n) is 27.4. The van der Waals surface area contributed by atoms with Gasteiger partial charge in [0.15, 0.2) is 15.6 Å². The summed E-state index contributed by atoms with van der Waals surface area (Å²) >= 11 is 6.07. The quantitative estimate of drug-likeness (QED) is 0.0616. The van der Waals surface area contributed by atoms with Crippen LogP contribution in [0.25, 0.3) is 10.8 Å². The van der Waals surface area contributed by atoms with Crippen molar-refractivity contribution in [3.63, 3.8) is 0 Å². The number of fused-ring (bicyclic) bond motifs is 1. The highest BCUT2D eigenvalue weighted by molar-refractivity contribution is 7.91. The Morgan fingerprint density at radius 2 is 1.37 bits per heavy atom. The van der Waals surface area contributed by atoms with E-state index in [1.54, 1.807) is 0 Å². The van der Waals surface area contributed by atoms with Gasteiger partial charge < -0.3 is 15.7 Å². The molecule has 0 atom stereocenters. The molecule has 4 aromatic carbocycles. The number of phenolic OH excluding ortho intramolecular Hbond substituents is 1. The van der Waals surface area contributed by atoms with Crippen molar-refractivity contribution in [3.05, 3.63) is 71.8 Å². The molecule has 1 heterocycles. The van der Waals surface area contributed by atoms with E-state index in [1.165, 1.54) is 12.1 Å². The first-order valence-electron chi connectivity index (χ1n) is 14.6. The Hall–Kier alpha value is -5.08. The maximum absolute atomic E-state index is 14.0. The summed E-state index contributed by atoms with van der Waals surface area (Å²) in [4.78, 5) is 8.17. The van der Waals surface area contributed by atoms with Crippen LogP contribution in [0.4, 0.5) is 39.0 Å². The molecule has 0 radical (unpaired) electrons. The van der Waals surface area contributed by atoms with Gasteiger partial charge >= 0.3 is 10.4 Å². The first-order valence-corrected chi connectivity index (χ1v) is 22.3. The number of hydrogen-bond acceptors (Lipinski definition) is 19. The minimum Gasteiger partial charge on any atom is -0.505 e. The number of nitrogens with one attached hydrogen (secondary N) is 2. The number of phenols is 1. The van der Waals surface area contributed by atoms with Crippen molar-refractivity contribution in [2.24, 2.45) is 10.2 Å². The van der Waals surface area contributed by atoms with E-state index in [0.717, 1.165) is 12.1 Å². The number of halogens is 2. The van der Waals surface area contributed by atoms with Crippen molar-refractivity contribution >= 4 is 108 Å². The summed E-state index contributed by atoms with van der Waals surface area (Å²) < 4.78 is 176. The van der Waals surface area contributed by atoms with Gasteiger partial charge in [0.25, 0.3) is 30.4 Å². The molecule has 5 rings (SSSR count). The van der Waals surface area contributed by atoms with Crippen LogP contribution in [-0.4, -0.2) is 92.7 Å². The molecule has 23 nitrogen and oxygen atoms in total. The van der Waals surface area contributed by atoms with Crippen LogP contribution in [0.3, 0.4) is 0 Å². The summed E-state index contributed by atoms with van der Waals surface area (Å²) in [5.41, 5.74) is -2.57. The normalized spacial score (nSPS) is 12.9. The second-order valence-electron chi connectivity index (χ2n) is 11.0. The largest absolute Gasteiger partial charge is 0.505 e. The van der Waals surface area contributed by atoms with Crippen LogP contribution < -0.4 is 10.6 Å². The van der Waals surface area contributed by atoms with Crippen LogP contribution in [0.2, 0.25) is 5.28 Å². The average molecular weight is 914 g/mol. The van der Waals surface area contributed by atoms with Gasteiger partial charge in [-0.3, -0.25) is 18.2 Å². The summed E-state index contributed by atoms with van der Waals surface area (Å²) in [5, 5.41) is 21.8. The first-order chi connectivity index (χ1) is 26.2. The monoisotopic (exact) mass is 913 g/mol. The highest BCUT2D eigenvalue weighted by Gasteiger charge is 2.27. The number of hydrogen-bond donors (Lipinski definition) is 7. The van der Waals surface area contributed by atoms with E-state index in [-0.39, 0.29) is 10.6 Å². The van der Waals surface area contributed by atoms with Gasteiger partial charge in [-0.15, -0.1) is 10.2 Å². The van der Waals surface area contributed by atoms with Gasteiger partial charge in [-0.1, -0.05) is 6.07 Å². The second kappa shape index (κ2) is 15.7. The van der Waals surface area contributed by atoms with E-state index in [0.29, 0.717) is 36.4 Å². The van der Waals surface area contributed by atoms with E-state index < -0.39 is 134 Å². The SMILES string of the molecule is O=S(=O)(O)OCCS(=O)(=O)c1cccc(Nc2nc(Cl)nc(Nc3cc(S(=O)(=O)O)cc4cc(S(=O)(=O)O)c(N=Nc5cc(F)ccc5S(=O)(=O)O)c(O)c34)n2)c1. The van der Waals surface area contributed by atoms with Gasteiger partial charge in [0.2, 0.25) is 17.2 Å². The van der Waals surface area contributed by atoms with E-state index in [4.69, 9.17) is 16.2 Å². The van der Waals surface area contributed by atoms with Gasteiger partial charge in [0, 0.05) is 17.1 Å². The number of aromatic nitrogens is 3. The molecule has 0 aliphatic heterocycles. The molecule has 0 saturated carbocycles. The van der Waals surface area contributed by atoms with Gasteiger partial charge in [-0.05, 0) is 65.5 Å². The highest BCUT2D eigenvalue weighted by Crippen LogP contribution is 2.46. The molecule has 304 valence electrons. The minimum atomic E-state index is -5.41. The summed E-state index contributed by atoms with van der Waals surface area (Å²) in [6.45, 7) is -0.913. The van der Waals surface area contributed by atoms with Crippen molar-refractivity contribution in [1.29, 1.82) is 0 Å². The Kier molecular flexibility index (Phi) is 11.9. The summed E-state index contributed by atoms with van der Waals surface area (Å²) in [5.74, 6) is -4.14. The van der Waals surface area contributed by atoms with Crippen LogP contribution in [0.15, 0.2) is 90.5 Å². The molecule has 0 bridgehead atoms. The molecule has 0 fully saturated rings. The van der Waals surface area contributed by atoms with Crippen molar-refractivity contribution in [1.82, 2.24) is 15.0 Å². The van der Waals surface area contributed by atoms with Crippen LogP contribution in [0, 0.1) is 5.82 Å². The summed E-state index contributed by atoms with van der Waals surface area (Å²) in [7, 11) is -24.7. The molecule has 0 unspecified atom stereocenters. The van der Waals surface area contributed by atoms with Gasteiger partial charge in [-0.2, -0.15) is 48.6 Å². The van der Waals surface area contributed by atoms with E-state index in [2.05, 4.69) is 40.0 Å². The van der Waals surface area contributed by atoms with Crippen LogP contribution >= 0.6 is 11.6 Å². The zero-order valence-corrected chi connectivity index (χ0v) is 32.3. The third kappa shape index (κ3) is 10.7.